The number of aliphatic hydroxyl groups is 1. The fraction of sp³-hybridized carbons (Fsp3) is 0.278. The van der Waals surface area contributed by atoms with Crippen molar-refractivity contribution in [2.45, 2.75) is 26.5 Å². The van der Waals surface area contributed by atoms with Crippen LogP contribution in [-0.2, 0) is 6.54 Å². The molecule has 0 spiro atoms. The molecule has 0 bridgehead atoms. The predicted molar refractivity (Wildman–Crippen MR) is 95.7 cm³/mol. The number of hydrogen-bond acceptors (Lipinski definition) is 5. The summed E-state index contributed by atoms with van der Waals surface area (Å²) in [5.41, 5.74) is 2.92. The van der Waals surface area contributed by atoms with Crippen LogP contribution in [0.5, 0.6) is 5.75 Å². The van der Waals surface area contributed by atoms with Gasteiger partial charge in [-0.15, -0.1) is 10.2 Å². The second kappa shape index (κ2) is 7.63. The minimum absolute atomic E-state index is 0.151. The van der Waals surface area contributed by atoms with Crippen LogP contribution < -0.4 is 4.74 Å². The Bertz CT molecular complexity index is 866. The molecule has 1 N–H and O–H groups in total. The zero-order valence-corrected chi connectivity index (χ0v) is 14.8. The molecule has 0 saturated carbocycles. The topological polar surface area (TPSA) is 73.1 Å². The Labute approximate surface area is 151 Å². The van der Waals surface area contributed by atoms with Gasteiger partial charge in [-0.3, -0.25) is 0 Å². The van der Waals surface area contributed by atoms with Gasteiger partial charge in [-0.2, -0.15) is 4.80 Å². The van der Waals surface area contributed by atoms with Crippen LogP contribution in [0.15, 0.2) is 42.5 Å². The molecule has 7 heteroatoms. The molecule has 0 amide bonds. The van der Waals surface area contributed by atoms with Gasteiger partial charge in [-0.1, -0.05) is 35.9 Å². The van der Waals surface area contributed by atoms with Crippen LogP contribution in [0, 0.1) is 13.8 Å². The molecule has 130 valence electrons. The van der Waals surface area contributed by atoms with Gasteiger partial charge in [0.15, 0.2) is 0 Å². The van der Waals surface area contributed by atoms with Crippen LogP contribution in [0.25, 0.3) is 11.4 Å². The van der Waals surface area contributed by atoms with E-state index in [2.05, 4.69) is 15.4 Å². The number of ether oxygens (including phenoxy) is 1. The Morgan fingerprint density at radius 1 is 1.20 bits per heavy atom. The number of tetrazole rings is 1. The van der Waals surface area contributed by atoms with Gasteiger partial charge in [-0.25, -0.2) is 0 Å². The van der Waals surface area contributed by atoms with E-state index in [1.165, 1.54) is 4.80 Å². The van der Waals surface area contributed by atoms with Crippen LogP contribution in [0.1, 0.15) is 11.1 Å². The van der Waals surface area contributed by atoms with E-state index >= 15 is 0 Å². The maximum Gasteiger partial charge on any atom is 0.204 e. The van der Waals surface area contributed by atoms with Crippen molar-refractivity contribution in [3.63, 3.8) is 0 Å². The number of benzene rings is 2. The first-order valence-corrected chi connectivity index (χ1v) is 8.31. The number of halogens is 1. The number of aromatic nitrogens is 4. The molecular weight excluding hydrogens is 340 g/mol. The van der Waals surface area contributed by atoms with Gasteiger partial charge in [0.25, 0.3) is 0 Å². The van der Waals surface area contributed by atoms with Crippen LogP contribution in [0.3, 0.4) is 0 Å². The van der Waals surface area contributed by atoms with Crippen molar-refractivity contribution in [2.75, 3.05) is 6.61 Å². The first-order chi connectivity index (χ1) is 12.0. The molecule has 0 unspecified atom stereocenters. The predicted octanol–water partition coefficient (Wildman–Crippen LogP) is 3.05. The normalized spacial score (nSPS) is 12.2. The standard InChI is InChI=1S/C18H19ClN4O2/c1-12-6-7-13(2)17(8-12)25-11-16(24)10-23-21-18(20-22-23)14-4-3-5-15(19)9-14/h3-9,16,24H,10-11H2,1-2H3/t16-/m0/s1. The molecular formula is C18H19ClN4O2. The zero-order chi connectivity index (χ0) is 17.8. The molecule has 0 saturated heterocycles. The maximum absolute atomic E-state index is 10.2. The van der Waals surface area contributed by atoms with Crippen molar-refractivity contribution in [1.82, 2.24) is 20.2 Å². The van der Waals surface area contributed by atoms with Gasteiger partial charge < -0.3 is 9.84 Å². The first-order valence-electron chi connectivity index (χ1n) is 7.93. The molecule has 0 radical (unpaired) electrons. The van der Waals surface area contributed by atoms with Crippen molar-refractivity contribution in [3.05, 3.63) is 58.6 Å². The summed E-state index contributed by atoms with van der Waals surface area (Å²) in [5, 5.41) is 23.0. The second-order valence-electron chi connectivity index (χ2n) is 5.91. The fourth-order valence-corrected chi connectivity index (χ4v) is 2.54. The first kappa shape index (κ1) is 17.4. The average molecular weight is 359 g/mol. The number of aryl methyl sites for hydroxylation is 2. The number of nitrogens with zero attached hydrogens (tertiary/aromatic N) is 4. The lowest BCUT2D eigenvalue weighted by atomic mass is 10.1. The third-order valence-electron chi connectivity index (χ3n) is 3.68. The van der Waals surface area contributed by atoms with E-state index in [0.29, 0.717) is 10.8 Å². The van der Waals surface area contributed by atoms with Crippen molar-refractivity contribution in [1.29, 1.82) is 0 Å². The minimum Gasteiger partial charge on any atom is -0.491 e. The van der Waals surface area contributed by atoms with Gasteiger partial charge in [0.1, 0.15) is 18.5 Å². The van der Waals surface area contributed by atoms with Crippen LogP contribution in [0.4, 0.5) is 0 Å². The summed E-state index contributed by atoms with van der Waals surface area (Å²) >= 11 is 5.97. The van der Waals surface area contributed by atoms with Crippen LogP contribution in [-0.4, -0.2) is 38.0 Å². The quantitative estimate of drug-likeness (QED) is 0.733. The Balaban J connectivity index is 1.60. The Morgan fingerprint density at radius 3 is 2.84 bits per heavy atom. The zero-order valence-electron chi connectivity index (χ0n) is 14.1. The largest absolute Gasteiger partial charge is 0.491 e. The summed E-state index contributed by atoms with van der Waals surface area (Å²) in [5.74, 6) is 1.23. The van der Waals surface area contributed by atoms with Crippen molar-refractivity contribution >= 4 is 11.6 Å². The van der Waals surface area contributed by atoms with Gasteiger partial charge in [0, 0.05) is 10.6 Å². The number of aliphatic hydroxyl groups excluding tert-OH is 1. The highest BCUT2D eigenvalue weighted by Gasteiger charge is 2.12. The summed E-state index contributed by atoms with van der Waals surface area (Å²) in [6.07, 6.45) is -0.749. The monoisotopic (exact) mass is 358 g/mol. The molecule has 1 heterocycles. The maximum atomic E-state index is 10.2. The van der Waals surface area contributed by atoms with Crippen LogP contribution in [0.2, 0.25) is 5.02 Å². The van der Waals surface area contributed by atoms with E-state index in [1.807, 2.05) is 44.2 Å². The molecule has 0 aliphatic rings. The summed E-state index contributed by atoms with van der Waals surface area (Å²) in [7, 11) is 0. The van der Waals surface area contributed by atoms with Crippen molar-refractivity contribution in [3.8, 4) is 17.1 Å². The Morgan fingerprint density at radius 2 is 2.04 bits per heavy atom. The lowest BCUT2D eigenvalue weighted by Crippen LogP contribution is -2.25. The second-order valence-corrected chi connectivity index (χ2v) is 6.35. The fourth-order valence-electron chi connectivity index (χ4n) is 2.35. The van der Waals surface area contributed by atoms with E-state index in [-0.39, 0.29) is 13.2 Å². The highest BCUT2D eigenvalue weighted by atomic mass is 35.5. The number of rotatable bonds is 6. The van der Waals surface area contributed by atoms with E-state index in [9.17, 15) is 5.11 Å². The number of hydrogen-bond donors (Lipinski definition) is 1. The van der Waals surface area contributed by atoms with E-state index in [4.69, 9.17) is 16.3 Å². The van der Waals surface area contributed by atoms with Crippen molar-refractivity contribution in [2.24, 2.45) is 0 Å². The van der Waals surface area contributed by atoms with Gasteiger partial charge >= 0.3 is 0 Å². The van der Waals surface area contributed by atoms with E-state index in [1.54, 1.807) is 12.1 Å². The molecule has 1 aromatic heterocycles. The lowest BCUT2D eigenvalue weighted by Gasteiger charge is -2.13. The lowest BCUT2D eigenvalue weighted by molar-refractivity contribution is 0.0846. The highest BCUT2D eigenvalue weighted by Crippen LogP contribution is 2.20. The summed E-state index contributed by atoms with van der Waals surface area (Å²) in [6, 6.07) is 13.2. The molecule has 3 aromatic rings. The third-order valence-corrected chi connectivity index (χ3v) is 3.92. The minimum atomic E-state index is -0.749. The molecule has 0 aliphatic carbocycles. The molecule has 25 heavy (non-hydrogen) atoms. The smallest absolute Gasteiger partial charge is 0.204 e. The van der Waals surface area contributed by atoms with Gasteiger partial charge in [0.05, 0.1) is 6.54 Å². The summed E-state index contributed by atoms with van der Waals surface area (Å²) in [6.45, 7) is 4.31. The molecule has 2 aromatic carbocycles. The van der Waals surface area contributed by atoms with Crippen molar-refractivity contribution < 1.29 is 9.84 Å². The van der Waals surface area contributed by atoms with E-state index < -0.39 is 6.10 Å². The summed E-state index contributed by atoms with van der Waals surface area (Å²) < 4.78 is 5.70. The van der Waals surface area contributed by atoms with Gasteiger partial charge in [-0.05, 0) is 48.4 Å². The average Bonchev–Trinajstić information content (AvgIpc) is 3.04. The molecule has 6 nitrogen and oxygen atoms in total. The van der Waals surface area contributed by atoms with E-state index in [0.717, 1.165) is 22.4 Å². The third kappa shape index (κ3) is 4.55. The molecule has 3 rings (SSSR count). The Hall–Kier alpha value is -2.44. The molecule has 0 fully saturated rings. The Kier molecular flexibility index (Phi) is 5.31. The summed E-state index contributed by atoms with van der Waals surface area (Å²) in [4.78, 5) is 1.35. The molecule has 0 aliphatic heterocycles. The highest BCUT2D eigenvalue weighted by molar-refractivity contribution is 6.30. The molecule has 1 atom stereocenters. The van der Waals surface area contributed by atoms with Crippen LogP contribution >= 0.6 is 11.6 Å². The SMILES string of the molecule is Cc1ccc(C)c(OC[C@@H](O)Cn2nnc(-c3cccc(Cl)c3)n2)c1. The van der Waals surface area contributed by atoms with Gasteiger partial charge in [0.2, 0.25) is 5.82 Å².